The van der Waals surface area contributed by atoms with E-state index in [0.29, 0.717) is 6.04 Å². The van der Waals surface area contributed by atoms with E-state index >= 15 is 0 Å². The highest BCUT2D eigenvalue weighted by atomic mass is 32.1. The van der Waals surface area contributed by atoms with E-state index in [1.54, 1.807) is 0 Å². The molecule has 78 valence electrons. The number of hydrogen-bond acceptors (Lipinski definition) is 2. The molecule has 0 aliphatic rings. The molecule has 0 bridgehead atoms. The summed E-state index contributed by atoms with van der Waals surface area (Å²) in [5.74, 6) is 0. The van der Waals surface area contributed by atoms with Crippen molar-refractivity contribution < 1.29 is 0 Å². The summed E-state index contributed by atoms with van der Waals surface area (Å²) in [6.45, 7) is 9.15. The molecule has 0 amide bonds. The molecule has 0 aliphatic heterocycles. The Morgan fingerprint density at radius 2 is 2.29 bits per heavy atom. The van der Waals surface area contributed by atoms with Crippen LogP contribution >= 0.6 is 11.3 Å². The van der Waals surface area contributed by atoms with Gasteiger partial charge in [0.2, 0.25) is 0 Å². The van der Waals surface area contributed by atoms with Gasteiger partial charge in [-0.15, -0.1) is 17.9 Å². The fourth-order valence-corrected chi connectivity index (χ4v) is 2.53. The molecule has 0 aromatic carbocycles. The van der Waals surface area contributed by atoms with Crippen molar-refractivity contribution in [1.29, 1.82) is 0 Å². The van der Waals surface area contributed by atoms with E-state index in [-0.39, 0.29) is 0 Å². The number of hydrogen-bond donors (Lipinski definition) is 1. The van der Waals surface area contributed by atoms with E-state index < -0.39 is 0 Å². The van der Waals surface area contributed by atoms with Crippen LogP contribution in [0.2, 0.25) is 0 Å². The van der Waals surface area contributed by atoms with Crippen LogP contribution in [0.15, 0.2) is 24.8 Å². The summed E-state index contributed by atoms with van der Waals surface area (Å²) in [4.78, 5) is 2.90. The molecule has 2 heteroatoms. The van der Waals surface area contributed by atoms with Gasteiger partial charge in [-0.1, -0.05) is 19.9 Å². The normalized spacial score (nSPS) is 12.7. The van der Waals surface area contributed by atoms with Crippen molar-refractivity contribution >= 4 is 11.3 Å². The zero-order valence-corrected chi connectivity index (χ0v) is 9.86. The van der Waals surface area contributed by atoms with Crippen LogP contribution in [0.1, 0.15) is 36.1 Å². The monoisotopic (exact) mass is 209 g/mol. The zero-order valence-electron chi connectivity index (χ0n) is 9.05. The Balaban J connectivity index is 2.70. The number of thiophene rings is 1. The van der Waals surface area contributed by atoms with Crippen LogP contribution in [0.25, 0.3) is 0 Å². The van der Waals surface area contributed by atoms with Gasteiger partial charge in [0.05, 0.1) is 0 Å². The zero-order chi connectivity index (χ0) is 10.4. The molecule has 1 aromatic heterocycles. The van der Waals surface area contributed by atoms with E-state index in [1.165, 1.54) is 9.75 Å². The molecule has 0 saturated heterocycles. The number of nitrogens with one attached hydrogen (secondary N) is 1. The van der Waals surface area contributed by atoms with Crippen molar-refractivity contribution in [3.8, 4) is 0 Å². The van der Waals surface area contributed by atoms with Gasteiger partial charge in [-0.05, 0) is 31.5 Å². The summed E-state index contributed by atoms with van der Waals surface area (Å²) in [5.41, 5.74) is 0. The molecule has 1 unspecified atom stereocenters. The summed E-state index contributed by atoms with van der Waals surface area (Å²) in [6.07, 6.45) is 4.13. The third-order valence-corrected chi connectivity index (χ3v) is 3.57. The molecule has 1 atom stereocenters. The van der Waals surface area contributed by atoms with E-state index in [1.807, 2.05) is 17.4 Å². The minimum Gasteiger partial charge on any atom is -0.309 e. The van der Waals surface area contributed by atoms with Gasteiger partial charge in [0, 0.05) is 15.8 Å². The van der Waals surface area contributed by atoms with Gasteiger partial charge in [0.1, 0.15) is 0 Å². The van der Waals surface area contributed by atoms with Gasteiger partial charge in [0.15, 0.2) is 0 Å². The third-order valence-electron chi connectivity index (χ3n) is 2.23. The lowest BCUT2D eigenvalue weighted by atomic mass is 10.1. The maximum Gasteiger partial charge on any atom is 0.0449 e. The average molecular weight is 209 g/mol. The first-order chi connectivity index (χ1) is 6.81. The Morgan fingerprint density at radius 3 is 2.79 bits per heavy atom. The highest BCUT2D eigenvalue weighted by Crippen LogP contribution is 2.25. The lowest BCUT2D eigenvalue weighted by Gasteiger charge is -2.13. The Labute approximate surface area is 90.9 Å². The minimum absolute atomic E-state index is 0.461. The van der Waals surface area contributed by atoms with Crippen LogP contribution < -0.4 is 5.32 Å². The highest BCUT2D eigenvalue weighted by molar-refractivity contribution is 7.12. The van der Waals surface area contributed by atoms with E-state index in [4.69, 9.17) is 0 Å². The van der Waals surface area contributed by atoms with Crippen LogP contribution in [0.4, 0.5) is 0 Å². The van der Waals surface area contributed by atoms with Gasteiger partial charge >= 0.3 is 0 Å². The second-order valence-electron chi connectivity index (χ2n) is 3.29. The second kappa shape index (κ2) is 5.99. The second-order valence-corrected chi connectivity index (χ2v) is 4.49. The largest absolute Gasteiger partial charge is 0.309 e. The predicted octanol–water partition coefficient (Wildman–Crippen LogP) is 3.54. The summed E-state index contributed by atoms with van der Waals surface area (Å²) < 4.78 is 0. The lowest BCUT2D eigenvalue weighted by molar-refractivity contribution is 0.567. The van der Waals surface area contributed by atoms with Crippen molar-refractivity contribution in [3.63, 3.8) is 0 Å². The van der Waals surface area contributed by atoms with Crippen molar-refractivity contribution in [2.24, 2.45) is 0 Å². The van der Waals surface area contributed by atoms with Crippen molar-refractivity contribution in [2.45, 2.75) is 32.7 Å². The van der Waals surface area contributed by atoms with Crippen LogP contribution in [0.3, 0.4) is 0 Å². The quantitative estimate of drug-likeness (QED) is 0.707. The third kappa shape index (κ3) is 2.96. The molecule has 1 heterocycles. The van der Waals surface area contributed by atoms with E-state index in [9.17, 15) is 0 Å². The molecule has 0 radical (unpaired) electrons. The van der Waals surface area contributed by atoms with Crippen molar-refractivity contribution in [1.82, 2.24) is 5.32 Å². The smallest absolute Gasteiger partial charge is 0.0449 e. The highest BCUT2D eigenvalue weighted by Gasteiger charge is 2.10. The Hall–Kier alpha value is -0.600. The Bertz CT molecular complexity index is 278. The van der Waals surface area contributed by atoms with Crippen LogP contribution in [0, 0.1) is 0 Å². The van der Waals surface area contributed by atoms with Gasteiger partial charge < -0.3 is 5.32 Å². The fourth-order valence-electron chi connectivity index (χ4n) is 1.48. The first-order valence-corrected chi connectivity index (χ1v) is 6.06. The summed E-state index contributed by atoms with van der Waals surface area (Å²) in [5, 5.41) is 3.48. The molecule has 0 aliphatic carbocycles. The molecular weight excluding hydrogens is 190 g/mol. The van der Waals surface area contributed by atoms with Gasteiger partial charge in [0.25, 0.3) is 0 Å². The summed E-state index contributed by atoms with van der Waals surface area (Å²) in [6, 6.07) is 4.93. The molecule has 0 saturated carbocycles. The summed E-state index contributed by atoms with van der Waals surface area (Å²) in [7, 11) is 0. The molecule has 1 nitrogen and oxygen atoms in total. The standard InChI is InChI=1S/C12H19NS/c1-4-7-11(13-6-3)12-9-8-10(5-2)14-12/h4,8-9,11,13H,1,5-7H2,2-3H3. The maximum atomic E-state index is 3.80. The van der Waals surface area contributed by atoms with E-state index in [2.05, 4.69) is 37.9 Å². The molecule has 1 N–H and O–H groups in total. The number of aryl methyl sites for hydroxylation is 1. The SMILES string of the molecule is C=CCC(NCC)c1ccc(CC)s1. The number of rotatable bonds is 6. The van der Waals surface area contributed by atoms with Crippen molar-refractivity contribution in [2.75, 3.05) is 6.54 Å². The first kappa shape index (κ1) is 11.5. The predicted molar refractivity (Wildman–Crippen MR) is 64.9 cm³/mol. The molecule has 14 heavy (non-hydrogen) atoms. The van der Waals surface area contributed by atoms with Crippen molar-refractivity contribution in [3.05, 3.63) is 34.5 Å². The molecular formula is C12H19NS. The van der Waals surface area contributed by atoms with Crippen LogP contribution in [-0.2, 0) is 6.42 Å². The van der Waals surface area contributed by atoms with E-state index in [0.717, 1.165) is 19.4 Å². The Kier molecular flexibility index (Phi) is 4.91. The molecule has 1 aromatic rings. The molecule has 0 fully saturated rings. The molecule has 1 rings (SSSR count). The lowest BCUT2D eigenvalue weighted by Crippen LogP contribution is -2.19. The maximum absolute atomic E-state index is 3.80. The van der Waals surface area contributed by atoms with Crippen LogP contribution in [0.5, 0.6) is 0 Å². The van der Waals surface area contributed by atoms with Gasteiger partial charge in [-0.3, -0.25) is 0 Å². The topological polar surface area (TPSA) is 12.0 Å². The first-order valence-electron chi connectivity index (χ1n) is 5.24. The summed E-state index contributed by atoms with van der Waals surface area (Å²) >= 11 is 1.91. The van der Waals surface area contributed by atoms with Gasteiger partial charge in [-0.25, -0.2) is 0 Å². The van der Waals surface area contributed by atoms with Crippen LogP contribution in [-0.4, -0.2) is 6.54 Å². The Morgan fingerprint density at radius 1 is 1.50 bits per heavy atom. The average Bonchev–Trinajstić information content (AvgIpc) is 2.65. The minimum atomic E-state index is 0.461. The molecule has 0 spiro atoms. The van der Waals surface area contributed by atoms with Gasteiger partial charge in [-0.2, -0.15) is 0 Å². The fraction of sp³-hybridized carbons (Fsp3) is 0.500.